The molecule has 164 valence electrons. The van der Waals surface area contributed by atoms with E-state index in [0.717, 1.165) is 57.8 Å². The number of carbonyl (C=O) groups excluding carboxylic acids is 1. The zero-order valence-corrected chi connectivity index (χ0v) is 19.1. The Morgan fingerprint density at radius 3 is 2.55 bits per heavy atom. The Bertz CT molecular complexity index is 669. The zero-order chi connectivity index (χ0) is 20.9. The van der Waals surface area contributed by atoms with Gasteiger partial charge >= 0.3 is 0 Å². The number of allylic oxidation sites excluding steroid dienone is 1. The summed E-state index contributed by atoms with van der Waals surface area (Å²) in [5, 5.41) is 11.7. The van der Waals surface area contributed by atoms with Crippen molar-refractivity contribution in [3.05, 3.63) is 11.1 Å². The number of hydrogen-bond acceptors (Lipinski definition) is 3. The number of carbonyl (C=O) groups is 1. The average molecular weight is 403 g/mol. The molecule has 0 aliphatic heterocycles. The first-order chi connectivity index (χ1) is 13.9. The number of aldehydes is 1. The summed E-state index contributed by atoms with van der Waals surface area (Å²) in [7, 11) is 1.80. The van der Waals surface area contributed by atoms with Gasteiger partial charge in [-0.1, -0.05) is 38.7 Å². The number of rotatable bonds is 6. The molecule has 4 aliphatic carbocycles. The Morgan fingerprint density at radius 1 is 1.10 bits per heavy atom. The van der Waals surface area contributed by atoms with Crippen LogP contribution < -0.4 is 0 Å². The van der Waals surface area contributed by atoms with Crippen LogP contribution in [0.5, 0.6) is 0 Å². The standard InChI is InChI=1S/C26H42O3/c1-5-6-7-13-26(28)16-11-21-19-8-9-20-18(2)23(29-4)12-15-25(20,17-27)22(19)10-14-24(21,26)3/h17,19,21-23,28H,5-16H2,1-4H3/t19-,21-,22-,23-,24-,25+,26-/m0/s1. The van der Waals surface area contributed by atoms with Crippen molar-refractivity contribution in [2.45, 2.75) is 110 Å². The Balaban J connectivity index is 1.63. The molecule has 0 saturated heterocycles. The maximum absolute atomic E-state index is 12.7. The van der Waals surface area contributed by atoms with E-state index in [1.807, 2.05) is 0 Å². The molecule has 0 aromatic heterocycles. The van der Waals surface area contributed by atoms with Gasteiger partial charge in [0.15, 0.2) is 0 Å². The van der Waals surface area contributed by atoms with Crippen molar-refractivity contribution < 1.29 is 14.6 Å². The van der Waals surface area contributed by atoms with Gasteiger partial charge in [-0.25, -0.2) is 0 Å². The molecule has 0 aromatic rings. The second-order valence-electron chi connectivity index (χ2n) is 11.0. The second-order valence-corrected chi connectivity index (χ2v) is 11.0. The quantitative estimate of drug-likeness (QED) is 0.345. The van der Waals surface area contributed by atoms with Crippen molar-refractivity contribution in [3.8, 4) is 0 Å². The third-order valence-corrected chi connectivity index (χ3v) is 10.2. The predicted octanol–water partition coefficient (Wildman–Crippen LogP) is 5.84. The summed E-state index contributed by atoms with van der Waals surface area (Å²) in [6.07, 6.45) is 14.5. The van der Waals surface area contributed by atoms with Crippen LogP contribution in [0.1, 0.15) is 97.8 Å². The van der Waals surface area contributed by atoms with Gasteiger partial charge < -0.3 is 14.6 Å². The molecule has 0 spiro atoms. The minimum Gasteiger partial charge on any atom is -0.389 e. The molecule has 0 bridgehead atoms. The van der Waals surface area contributed by atoms with Crippen LogP contribution in [-0.2, 0) is 9.53 Å². The predicted molar refractivity (Wildman–Crippen MR) is 117 cm³/mol. The van der Waals surface area contributed by atoms with E-state index in [1.54, 1.807) is 7.11 Å². The number of hydrogen-bond donors (Lipinski definition) is 1. The van der Waals surface area contributed by atoms with Crippen molar-refractivity contribution in [2.75, 3.05) is 7.11 Å². The minimum atomic E-state index is -0.494. The van der Waals surface area contributed by atoms with Crippen molar-refractivity contribution in [2.24, 2.45) is 28.6 Å². The molecule has 0 heterocycles. The van der Waals surface area contributed by atoms with E-state index in [0.29, 0.717) is 17.8 Å². The summed E-state index contributed by atoms with van der Waals surface area (Å²) < 4.78 is 5.73. The summed E-state index contributed by atoms with van der Waals surface area (Å²) in [5.74, 6) is 1.63. The van der Waals surface area contributed by atoms with Crippen molar-refractivity contribution >= 4 is 6.29 Å². The molecular weight excluding hydrogens is 360 g/mol. The fourth-order valence-corrected chi connectivity index (χ4v) is 8.48. The highest BCUT2D eigenvalue weighted by molar-refractivity contribution is 5.68. The molecule has 0 amide bonds. The van der Waals surface area contributed by atoms with E-state index in [9.17, 15) is 9.90 Å². The molecule has 29 heavy (non-hydrogen) atoms. The van der Waals surface area contributed by atoms with Crippen LogP contribution in [0.4, 0.5) is 0 Å². The first-order valence-electron chi connectivity index (χ1n) is 12.3. The SMILES string of the molecule is CCCCC[C@]1(O)CC[C@H]2[C@@H]3CCC4=C(C)[C@@H](OC)CC[C@]4(C=O)[C@H]3CC[C@@]21C. The second kappa shape index (κ2) is 7.79. The number of methoxy groups -OCH3 is 1. The third-order valence-electron chi connectivity index (χ3n) is 10.2. The molecule has 0 radical (unpaired) electrons. The van der Waals surface area contributed by atoms with Gasteiger partial charge in [-0.05, 0) is 93.5 Å². The van der Waals surface area contributed by atoms with Gasteiger partial charge in [0.05, 0.1) is 17.1 Å². The molecule has 3 heteroatoms. The highest BCUT2D eigenvalue weighted by Crippen LogP contribution is 2.68. The average Bonchev–Trinajstić information content (AvgIpc) is 2.99. The third kappa shape index (κ3) is 3.01. The molecule has 4 aliphatic rings. The number of unbranched alkanes of at least 4 members (excludes halogenated alkanes) is 2. The van der Waals surface area contributed by atoms with Gasteiger partial charge in [0.2, 0.25) is 0 Å². The minimum absolute atomic E-state index is 0.0337. The lowest BCUT2D eigenvalue weighted by Gasteiger charge is -2.59. The van der Waals surface area contributed by atoms with E-state index in [1.165, 1.54) is 36.7 Å². The summed E-state index contributed by atoms with van der Waals surface area (Å²) in [5.41, 5.74) is 2.02. The molecule has 0 aromatic carbocycles. The van der Waals surface area contributed by atoms with Gasteiger partial charge in [-0.15, -0.1) is 0 Å². The normalized spacial score (nSPS) is 46.8. The van der Waals surface area contributed by atoms with Crippen molar-refractivity contribution in [1.82, 2.24) is 0 Å². The summed E-state index contributed by atoms with van der Waals surface area (Å²) in [4.78, 5) is 12.7. The largest absolute Gasteiger partial charge is 0.389 e. The molecule has 7 atom stereocenters. The fraction of sp³-hybridized carbons (Fsp3) is 0.885. The monoisotopic (exact) mass is 402 g/mol. The Hall–Kier alpha value is -0.670. The van der Waals surface area contributed by atoms with E-state index in [4.69, 9.17) is 4.74 Å². The van der Waals surface area contributed by atoms with Gasteiger partial charge in [0.25, 0.3) is 0 Å². The van der Waals surface area contributed by atoms with Crippen LogP contribution in [0.15, 0.2) is 11.1 Å². The Kier molecular flexibility index (Phi) is 5.79. The van der Waals surface area contributed by atoms with Crippen LogP contribution in [0.2, 0.25) is 0 Å². The van der Waals surface area contributed by atoms with Crippen LogP contribution in [0.3, 0.4) is 0 Å². The van der Waals surface area contributed by atoms with Gasteiger partial charge in [0, 0.05) is 7.11 Å². The van der Waals surface area contributed by atoms with Gasteiger partial charge in [-0.2, -0.15) is 0 Å². The maximum Gasteiger partial charge on any atom is 0.130 e. The Morgan fingerprint density at radius 2 is 1.86 bits per heavy atom. The molecule has 0 unspecified atom stereocenters. The van der Waals surface area contributed by atoms with Crippen LogP contribution in [0, 0.1) is 28.6 Å². The highest BCUT2D eigenvalue weighted by Gasteiger charge is 2.64. The molecule has 1 N–H and O–H groups in total. The molecule has 3 fully saturated rings. The zero-order valence-electron chi connectivity index (χ0n) is 19.1. The van der Waals surface area contributed by atoms with E-state index >= 15 is 0 Å². The van der Waals surface area contributed by atoms with Crippen molar-refractivity contribution in [1.29, 1.82) is 0 Å². The maximum atomic E-state index is 12.7. The highest BCUT2D eigenvalue weighted by atomic mass is 16.5. The molecule has 3 nitrogen and oxygen atoms in total. The van der Waals surface area contributed by atoms with Crippen LogP contribution in [-0.4, -0.2) is 30.2 Å². The van der Waals surface area contributed by atoms with Crippen LogP contribution >= 0.6 is 0 Å². The summed E-state index contributed by atoms with van der Waals surface area (Å²) in [6, 6.07) is 0. The lowest BCUT2D eigenvalue weighted by Crippen LogP contribution is -2.56. The number of aliphatic hydroxyl groups is 1. The molecular formula is C26H42O3. The Labute approximate surface area is 177 Å². The van der Waals surface area contributed by atoms with E-state index < -0.39 is 5.60 Å². The lowest BCUT2D eigenvalue weighted by molar-refractivity contribution is -0.143. The molecule has 3 saturated carbocycles. The number of fused-ring (bicyclic) bond motifs is 5. The summed E-state index contributed by atoms with van der Waals surface area (Å²) >= 11 is 0. The van der Waals surface area contributed by atoms with Gasteiger partial charge in [-0.3, -0.25) is 0 Å². The van der Waals surface area contributed by atoms with Crippen molar-refractivity contribution in [3.63, 3.8) is 0 Å². The number of ether oxygens (including phenoxy) is 1. The summed E-state index contributed by atoms with van der Waals surface area (Å²) in [6.45, 7) is 6.83. The topological polar surface area (TPSA) is 46.5 Å². The van der Waals surface area contributed by atoms with Gasteiger partial charge in [0.1, 0.15) is 6.29 Å². The van der Waals surface area contributed by atoms with Crippen LogP contribution in [0.25, 0.3) is 0 Å². The van der Waals surface area contributed by atoms with E-state index in [2.05, 4.69) is 20.8 Å². The fourth-order valence-electron chi connectivity index (χ4n) is 8.48. The molecule has 4 rings (SSSR count). The first-order valence-corrected chi connectivity index (χ1v) is 12.3. The first kappa shape index (κ1) is 21.6. The lowest BCUT2D eigenvalue weighted by atomic mass is 9.45. The smallest absolute Gasteiger partial charge is 0.130 e. The van der Waals surface area contributed by atoms with E-state index in [-0.39, 0.29) is 16.9 Å².